The molecule has 2 rings (SSSR count). The largest absolute Gasteiger partial charge is 0.385 e. The van der Waals surface area contributed by atoms with Crippen molar-refractivity contribution in [3.05, 3.63) is 0 Å². The highest BCUT2D eigenvalue weighted by Gasteiger charge is 2.40. The fourth-order valence-corrected chi connectivity index (χ4v) is 2.40. The summed E-state index contributed by atoms with van der Waals surface area (Å²) in [5, 5.41) is 2.92. The minimum atomic E-state index is -0.294. The van der Waals surface area contributed by atoms with Gasteiger partial charge in [0.1, 0.15) is 5.84 Å². The maximum Gasteiger partial charge on any atom is 0.343 e. The first kappa shape index (κ1) is 9.49. The molecular weight excluding hydrogens is 178 g/mol. The molecule has 0 unspecified atom stereocenters. The van der Waals surface area contributed by atoms with Crippen molar-refractivity contribution in [1.82, 2.24) is 5.32 Å². The van der Waals surface area contributed by atoms with Crippen molar-refractivity contribution in [2.45, 2.75) is 50.5 Å². The van der Waals surface area contributed by atoms with Gasteiger partial charge in [0.25, 0.3) is 0 Å². The van der Waals surface area contributed by atoms with Crippen molar-refractivity contribution in [2.24, 2.45) is 10.7 Å². The van der Waals surface area contributed by atoms with Gasteiger partial charge in [0.2, 0.25) is 0 Å². The van der Waals surface area contributed by atoms with Crippen molar-refractivity contribution in [2.75, 3.05) is 0 Å². The van der Waals surface area contributed by atoms with Crippen LogP contribution in [0.5, 0.6) is 0 Å². The number of rotatable bonds is 0. The molecule has 14 heavy (non-hydrogen) atoms. The fourth-order valence-electron chi connectivity index (χ4n) is 2.40. The number of carbonyl (C=O) groups excluding carboxylic acids is 1. The molecule has 1 heterocycles. The Morgan fingerprint density at radius 1 is 1.14 bits per heavy atom. The summed E-state index contributed by atoms with van der Waals surface area (Å²) in [5.74, 6) is 0.504. The van der Waals surface area contributed by atoms with Crippen LogP contribution in [0.25, 0.3) is 0 Å². The van der Waals surface area contributed by atoms with E-state index in [2.05, 4.69) is 10.3 Å². The summed E-state index contributed by atoms with van der Waals surface area (Å²) in [7, 11) is 0. The summed E-state index contributed by atoms with van der Waals surface area (Å²) < 4.78 is 0. The Morgan fingerprint density at radius 2 is 1.71 bits per heavy atom. The van der Waals surface area contributed by atoms with E-state index in [9.17, 15) is 4.79 Å². The van der Waals surface area contributed by atoms with E-state index in [1.165, 1.54) is 19.3 Å². The third kappa shape index (κ3) is 1.61. The molecule has 0 aromatic carbocycles. The van der Waals surface area contributed by atoms with Gasteiger partial charge in [0.05, 0.1) is 5.54 Å². The average Bonchev–Trinajstić information content (AvgIpc) is 2.36. The number of hydrogen-bond acceptors (Lipinski definition) is 2. The molecule has 0 aromatic heterocycles. The fraction of sp³-hybridized carbons (Fsp3) is 0.800. The minimum Gasteiger partial charge on any atom is -0.385 e. The summed E-state index contributed by atoms with van der Waals surface area (Å²) >= 11 is 0. The van der Waals surface area contributed by atoms with E-state index < -0.39 is 0 Å². The van der Waals surface area contributed by atoms with E-state index in [0.717, 1.165) is 25.7 Å². The summed E-state index contributed by atoms with van der Waals surface area (Å²) in [6, 6.07) is -0.261. The Kier molecular flexibility index (Phi) is 2.44. The average molecular weight is 195 g/mol. The Morgan fingerprint density at radius 3 is 2.21 bits per heavy atom. The van der Waals surface area contributed by atoms with Gasteiger partial charge in [-0.3, -0.25) is 0 Å². The molecule has 1 spiro atoms. The molecule has 4 nitrogen and oxygen atoms in total. The highest BCUT2D eigenvalue weighted by atomic mass is 16.2. The van der Waals surface area contributed by atoms with Gasteiger partial charge in [0, 0.05) is 0 Å². The van der Waals surface area contributed by atoms with Crippen LogP contribution in [0.3, 0.4) is 0 Å². The molecule has 1 aliphatic heterocycles. The molecule has 1 fully saturated rings. The minimum absolute atomic E-state index is 0.261. The number of hydrogen-bond donors (Lipinski definition) is 2. The Hall–Kier alpha value is -1.06. The van der Waals surface area contributed by atoms with Crippen molar-refractivity contribution >= 4 is 11.9 Å². The number of aliphatic imine (C=N–C) groups is 1. The Bertz CT molecular complexity index is 265. The molecule has 0 atom stereocenters. The molecule has 1 aliphatic carbocycles. The number of amidine groups is 1. The number of nitrogens with two attached hydrogens (primary N) is 1. The molecule has 2 amide bonds. The van der Waals surface area contributed by atoms with Crippen LogP contribution in [0.15, 0.2) is 4.99 Å². The first-order valence-corrected chi connectivity index (χ1v) is 5.40. The number of carbonyl (C=O) groups is 1. The molecule has 4 heteroatoms. The van der Waals surface area contributed by atoms with Gasteiger partial charge in [-0.1, -0.05) is 32.1 Å². The second-order valence-electron chi connectivity index (χ2n) is 4.28. The summed E-state index contributed by atoms with van der Waals surface area (Å²) in [4.78, 5) is 14.9. The quantitative estimate of drug-likeness (QED) is 0.615. The summed E-state index contributed by atoms with van der Waals surface area (Å²) in [6.07, 6.45) is 7.96. The van der Waals surface area contributed by atoms with Crippen LogP contribution in [0.1, 0.15) is 44.9 Å². The van der Waals surface area contributed by atoms with Gasteiger partial charge >= 0.3 is 6.03 Å². The molecule has 78 valence electrons. The molecule has 0 bridgehead atoms. The van der Waals surface area contributed by atoms with Crippen LogP contribution in [0.4, 0.5) is 4.79 Å². The van der Waals surface area contributed by atoms with E-state index >= 15 is 0 Å². The first-order valence-electron chi connectivity index (χ1n) is 5.40. The molecule has 0 radical (unpaired) electrons. The van der Waals surface area contributed by atoms with Crippen LogP contribution in [-0.2, 0) is 0 Å². The maximum atomic E-state index is 11.1. The third-order valence-corrected chi connectivity index (χ3v) is 3.27. The van der Waals surface area contributed by atoms with Crippen LogP contribution < -0.4 is 11.1 Å². The monoisotopic (exact) mass is 195 g/mol. The number of amides is 2. The number of urea groups is 1. The maximum absolute atomic E-state index is 11.1. The zero-order valence-corrected chi connectivity index (χ0v) is 8.38. The second-order valence-corrected chi connectivity index (χ2v) is 4.28. The lowest BCUT2D eigenvalue weighted by Gasteiger charge is -2.30. The Balaban J connectivity index is 2.12. The summed E-state index contributed by atoms with van der Waals surface area (Å²) in [6.45, 7) is 0. The number of nitrogens with zero attached hydrogens (tertiary/aromatic N) is 1. The lowest BCUT2D eigenvalue weighted by atomic mass is 9.83. The highest BCUT2D eigenvalue weighted by Crippen LogP contribution is 2.29. The number of nitrogens with one attached hydrogen (secondary N) is 1. The second kappa shape index (κ2) is 3.59. The van der Waals surface area contributed by atoms with Gasteiger partial charge in [-0.2, -0.15) is 4.99 Å². The third-order valence-electron chi connectivity index (χ3n) is 3.27. The molecule has 2 aliphatic rings. The van der Waals surface area contributed by atoms with Crippen molar-refractivity contribution in [3.8, 4) is 0 Å². The first-order chi connectivity index (χ1) is 6.73. The van der Waals surface area contributed by atoms with E-state index in [-0.39, 0.29) is 11.6 Å². The molecule has 1 saturated carbocycles. The van der Waals surface area contributed by atoms with E-state index in [4.69, 9.17) is 5.73 Å². The standard InChI is InChI=1S/C10H17N3O/c11-8-10(13-9(14)12-8)6-4-2-1-3-5-7-10/h1-7H2,(H3,11,12,13,14). The van der Waals surface area contributed by atoms with Crippen molar-refractivity contribution < 1.29 is 4.79 Å². The van der Waals surface area contributed by atoms with E-state index in [1.54, 1.807) is 0 Å². The lowest BCUT2D eigenvalue weighted by molar-refractivity contribution is 0.241. The molecule has 0 saturated heterocycles. The highest BCUT2D eigenvalue weighted by molar-refractivity contribution is 6.05. The van der Waals surface area contributed by atoms with E-state index in [0.29, 0.717) is 5.84 Å². The van der Waals surface area contributed by atoms with Crippen LogP contribution in [0, 0.1) is 0 Å². The van der Waals surface area contributed by atoms with Gasteiger partial charge in [-0.25, -0.2) is 4.79 Å². The molecule has 3 N–H and O–H groups in total. The zero-order valence-electron chi connectivity index (χ0n) is 8.38. The van der Waals surface area contributed by atoms with Crippen molar-refractivity contribution in [1.29, 1.82) is 0 Å². The molecular formula is C10H17N3O. The van der Waals surface area contributed by atoms with Crippen molar-refractivity contribution in [3.63, 3.8) is 0 Å². The predicted molar refractivity (Wildman–Crippen MR) is 55.2 cm³/mol. The van der Waals surface area contributed by atoms with Gasteiger partial charge in [-0.05, 0) is 12.8 Å². The SMILES string of the molecule is NC1=NC(=O)NC12CCCCCCC2. The smallest absolute Gasteiger partial charge is 0.343 e. The van der Waals surface area contributed by atoms with Gasteiger partial charge in [0.15, 0.2) is 0 Å². The normalized spacial score (nSPS) is 26.6. The van der Waals surface area contributed by atoms with Crippen LogP contribution >= 0.6 is 0 Å². The molecule has 0 aromatic rings. The van der Waals surface area contributed by atoms with Crippen LogP contribution in [-0.4, -0.2) is 17.4 Å². The predicted octanol–water partition coefficient (Wildman–Crippen LogP) is 1.55. The van der Waals surface area contributed by atoms with Crippen LogP contribution in [0.2, 0.25) is 0 Å². The van der Waals surface area contributed by atoms with E-state index in [1.807, 2.05) is 0 Å². The topological polar surface area (TPSA) is 67.5 Å². The van der Waals surface area contributed by atoms with Gasteiger partial charge in [-0.15, -0.1) is 0 Å². The lowest BCUT2D eigenvalue weighted by Crippen LogP contribution is -2.51. The Labute approximate surface area is 84.0 Å². The summed E-state index contributed by atoms with van der Waals surface area (Å²) in [5.41, 5.74) is 5.53. The zero-order chi connectivity index (χ0) is 10.0. The van der Waals surface area contributed by atoms with Gasteiger partial charge < -0.3 is 11.1 Å².